The monoisotopic (exact) mass is 1100 g/mol. The second-order valence-electron chi connectivity index (χ2n) is 22.3. The van der Waals surface area contributed by atoms with E-state index in [9.17, 15) is 19.0 Å². The van der Waals surface area contributed by atoms with Crippen LogP contribution in [-0.4, -0.2) is 49.3 Å². The number of esters is 2. The van der Waals surface area contributed by atoms with Gasteiger partial charge in [0.2, 0.25) is 0 Å². The van der Waals surface area contributed by atoms with Crippen molar-refractivity contribution in [1.29, 1.82) is 0 Å². The minimum absolute atomic E-state index is 0.0537. The average Bonchev–Trinajstić information content (AvgIpc) is 3.42. The molecule has 2 atom stereocenters. The maximum absolute atomic E-state index is 12.7. The molecule has 0 spiro atoms. The fourth-order valence-corrected chi connectivity index (χ4v) is 10.5. The number of nitrogens with two attached hydrogens (primary N) is 1. The van der Waals surface area contributed by atoms with Gasteiger partial charge in [-0.05, 0) is 77.0 Å². The van der Waals surface area contributed by atoms with E-state index in [-0.39, 0.29) is 38.6 Å². The van der Waals surface area contributed by atoms with Crippen LogP contribution < -0.4 is 5.73 Å². The van der Waals surface area contributed by atoms with Gasteiger partial charge in [-0.1, -0.05) is 294 Å². The van der Waals surface area contributed by atoms with E-state index in [1.54, 1.807) is 0 Å². The van der Waals surface area contributed by atoms with Gasteiger partial charge in [-0.25, -0.2) is 4.57 Å². The van der Waals surface area contributed by atoms with Crippen LogP contribution in [0.1, 0.15) is 335 Å². The van der Waals surface area contributed by atoms with Crippen LogP contribution in [0.4, 0.5) is 0 Å². The number of phosphoric ester groups is 1. The first-order chi connectivity index (χ1) is 37.8. The van der Waals surface area contributed by atoms with Gasteiger partial charge >= 0.3 is 19.8 Å². The van der Waals surface area contributed by atoms with Crippen molar-refractivity contribution in [2.24, 2.45) is 5.73 Å². The van der Waals surface area contributed by atoms with Gasteiger partial charge in [0.25, 0.3) is 0 Å². The van der Waals surface area contributed by atoms with Crippen molar-refractivity contribution < 1.29 is 37.6 Å². The number of carbonyl (C=O) groups is 2. The Morgan fingerprint density at radius 1 is 0.390 bits per heavy atom. The maximum Gasteiger partial charge on any atom is 0.472 e. The van der Waals surface area contributed by atoms with Gasteiger partial charge < -0.3 is 20.1 Å². The third-order valence-electron chi connectivity index (χ3n) is 14.7. The quantitative estimate of drug-likeness (QED) is 0.0264. The zero-order chi connectivity index (χ0) is 55.9. The molecule has 10 heteroatoms. The molecule has 77 heavy (non-hydrogen) atoms. The molecule has 452 valence electrons. The number of hydrogen-bond acceptors (Lipinski definition) is 8. The number of allylic oxidation sites excluding steroid dienone is 8. The first kappa shape index (κ1) is 75.0. The number of unbranched alkanes of at least 4 members (excludes halogenated alkanes) is 42. The Bertz CT molecular complexity index is 1400. The molecule has 0 amide bonds. The van der Waals surface area contributed by atoms with Gasteiger partial charge in [0, 0.05) is 19.4 Å². The van der Waals surface area contributed by atoms with Crippen molar-refractivity contribution in [3.05, 3.63) is 48.6 Å². The highest BCUT2D eigenvalue weighted by molar-refractivity contribution is 7.47. The fraction of sp³-hybridized carbons (Fsp3) is 0.851. The van der Waals surface area contributed by atoms with Crippen LogP contribution in [-0.2, 0) is 32.7 Å². The van der Waals surface area contributed by atoms with E-state index in [0.717, 1.165) is 51.4 Å². The number of carbonyl (C=O) groups excluding carboxylic acids is 2. The Morgan fingerprint density at radius 3 is 1.01 bits per heavy atom. The summed E-state index contributed by atoms with van der Waals surface area (Å²) in [5, 5.41) is 0. The van der Waals surface area contributed by atoms with Crippen LogP contribution in [0.5, 0.6) is 0 Å². The number of hydrogen-bond donors (Lipinski definition) is 2. The van der Waals surface area contributed by atoms with E-state index in [1.807, 2.05) is 0 Å². The lowest BCUT2D eigenvalue weighted by Gasteiger charge is -2.19. The second kappa shape index (κ2) is 63.2. The summed E-state index contributed by atoms with van der Waals surface area (Å²) in [5.74, 6) is -0.814. The molecule has 0 aliphatic rings. The van der Waals surface area contributed by atoms with Gasteiger partial charge in [0.1, 0.15) is 6.61 Å². The topological polar surface area (TPSA) is 134 Å². The molecule has 3 N–H and O–H groups in total. The summed E-state index contributed by atoms with van der Waals surface area (Å²) < 4.78 is 33.1. The molecule has 0 aromatic carbocycles. The predicted octanol–water partition coefficient (Wildman–Crippen LogP) is 21.3. The molecule has 0 aliphatic carbocycles. The van der Waals surface area contributed by atoms with Crippen molar-refractivity contribution in [1.82, 2.24) is 0 Å². The van der Waals surface area contributed by atoms with Crippen molar-refractivity contribution in [3.8, 4) is 0 Å². The van der Waals surface area contributed by atoms with Crippen molar-refractivity contribution >= 4 is 19.8 Å². The van der Waals surface area contributed by atoms with Crippen LogP contribution in [0.25, 0.3) is 0 Å². The molecule has 0 heterocycles. The van der Waals surface area contributed by atoms with E-state index < -0.39 is 26.5 Å². The summed E-state index contributed by atoms with van der Waals surface area (Å²) in [6, 6.07) is 0. The van der Waals surface area contributed by atoms with Crippen LogP contribution >= 0.6 is 7.82 Å². The lowest BCUT2D eigenvalue weighted by molar-refractivity contribution is -0.161. The zero-order valence-electron chi connectivity index (χ0n) is 50.7. The average molecular weight is 1100 g/mol. The number of ether oxygens (including phenoxy) is 2. The summed E-state index contributed by atoms with van der Waals surface area (Å²) in [7, 11) is -4.39. The van der Waals surface area contributed by atoms with Crippen LogP contribution in [0, 0.1) is 0 Å². The summed E-state index contributed by atoms with van der Waals surface area (Å²) >= 11 is 0. The maximum atomic E-state index is 12.7. The SMILES string of the molecule is CCCCCCC/C=C\C/C=C\C/C=C\CCCCCCCCCCCCCCC(=O)OC(COC(=O)CCCCCCCCCCCCCCCCCCC/C=C\CCCCCCCCCC)COP(=O)(O)OCCN. The van der Waals surface area contributed by atoms with Crippen molar-refractivity contribution in [3.63, 3.8) is 0 Å². The molecule has 0 aromatic heterocycles. The minimum Gasteiger partial charge on any atom is -0.462 e. The largest absolute Gasteiger partial charge is 0.472 e. The Hall–Kier alpha value is -2.03. The van der Waals surface area contributed by atoms with E-state index in [2.05, 4.69) is 62.5 Å². The van der Waals surface area contributed by atoms with E-state index >= 15 is 0 Å². The van der Waals surface area contributed by atoms with Gasteiger partial charge in [-0.3, -0.25) is 18.6 Å². The molecule has 0 aliphatic heterocycles. The highest BCUT2D eigenvalue weighted by Crippen LogP contribution is 2.43. The Kier molecular flexibility index (Phi) is 61.5. The molecule has 0 saturated heterocycles. The van der Waals surface area contributed by atoms with Gasteiger partial charge in [-0.2, -0.15) is 0 Å². The first-order valence-corrected chi connectivity index (χ1v) is 34.6. The van der Waals surface area contributed by atoms with Crippen molar-refractivity contribution in [2.75, 3.05) is 26.4 Å². The summed E-state index contributed by atoms with van der Waals surface area (Å²) in [5.41, 5.74) is 5.40. The summed E-state index contributed by atoms with van der Waals surface area (Å²) in [4.78, 5) is 35.3. The molecule has 0 fully saturated rings. The Morgan fingerprint density at radius 2 is 0.675 bits per heavy atom. The minimum atomic E-state index is -4.39. The molecule has 0 aromatic rings. The lowest BCUT2D eigenvalue weighted by Crippen LogP contribution is -2.29. The highest BCUT2D eigenvalue weighted by Gasteiger charge is 2.26. The Balaban J connectivity index is 3.88. The smallest absolute Gasteiger partial charge is 0.462 e. The second-order valence-corrected chi connectivity index (χ2v) is 23.8. The van der Waals surface area contributed by atoms with Crippen LogP contribution in [0.15, 0.2) is 48.6 Å². The molecule has 0 bridgehead atoms. The third kappa shape index (κ3) is 63.0. The number of phosphoric acid groups is 1. The van der Waals surface area contributed by atoms with Gasteiger partial charge in [0.05, 0.1) is 13.2 Å². The first-order valence-electron chi connectivity index (χ1n) is 33.1. The fourth-order valence-electron chi connectivity index (χ4n) is 9.76. The van der Waals surface area contributed by atoms with Crippen molar-refractivity contribution in [2.45, 2.75) is 341 Å². The summed E-state index contributed by atoms with van der Waals surface area (Å²) in [6.45, 7) is 3.78. The molecule has 0 saturated carbocycles. The molecule has 0 radical (unpaired) electrons. The van der Waals surface area contributed by atoms with Crippen LogP contribution in [0.3, 0.4) is 0 Å². The number of rotatable bonds is 63. The van der Waals surface area contributed by atoms with E-state index in [1.165, 1.54) is 250 Å². The molecular formula is C67H126NO8P. The predicted molar refractivity (Wildman–Crippen MR) is 330 cm³/mol. The van der Waals surface area contributed by atoms with Crippen LogP contribution in [0.2, 0.25) is 0 Å². The molecule has 0 rings (SSSR count). The lowest BCUT2D eigenvalue weighted by atomic mass is 10.0. The Labute approximate surface area is 477 Å². The summed E-state index contributed by atoms with van der Waals surface area (Å²) in [6.07, 6.45) is 79.0. The highest BCUT2D eigenvalue weighted by atomic mass is 31.2. The van der Waals surface area contributed by atoms with Gasteiger partial charge in [0.15, 0.2) is 6.10 Å². The van der Waals surface area contributed by atoms with E-state index in [4.69, 9.17) is 24.3 Å². The van der Waals surface area contributed by atoms with Gasteiger partial charge in [-0.15, -0.1) is 0 Å². The molecule has 2 unspecified atom stereocenters. The molecule has 9 nitrogen and oxygen atoms in total. The van der Waals surface area contributed by atoms with E-state index in [0.29, 0.717) is 6.42 Å². The zero-order valence-corrected chi connectivity index (χ0v) is 51.6. The standard InChI is InChI=1S/C67H126NO8P/c1-3-5-7-9-11-13-15-17-19-21-23-25-27-29-31-32-34-35-37-39-41-43-45-47-49-51-53-55-57-59-66(69)73-63-65(64-75-77(71,72)74-62-61-68)76-67(70)60-58-56-54-52-50-48-46-44-42-40-38-36-33-30-28-26-24-22-20-18-16-14-12-10-8-6-4-2/h16,18,21-24,28,30,65H,3-15,17,19-20,25-27,29,31-64,68H2,1-2H3,(H,71,72)/b18-16-,23-21-,24-22-,30-28-. The molecular weight excluding hydrogens is 978 g/mol. The normalized spacial score (nSPS) is 13.2. The third-order valence-corrected chi connectivity index (χ3v) is 15.7.